The molecule has 1 fully saturated rings. The number of benzene rings is 1. The van der Waals surface area contributed by atoms with E-state index >= 15 is 0 Å². The molecule has 0 spiro atoms. The Labute approximate surface area is 181 Å². The molecular weight excluding hydrogens is 421 g/mol. The van der Waals surface area contributed by atoms with Gasteiger partial charge in [0.1, 0.15) is 11.4 Å². The predicted octanol–water partition coefficient (Wildman–Crippen LogP) is 4.03. The lowest BCUT2D eigenvalue weighted by Crippen LogP contribution is -2.49. The van der Waals surface area contributed by atoms with Crippen molar-refractivity contribution in [1.29, 1.82) is 0 Å². The van der Waals surface area contributed by atoms with Crippen LogP contribution < -0.4 is 5.56 Å². The number of nitrogens with zero attached hydrogens (tertiary/aromatic N) is 4. The number of aryl methyl sites for hydroxylation is 2. The van der Waals surface area contributed by atoms with Crippen molar-refractivity contribution >= 4 is 5.91 Å². The van der Waals surface area contributed by atoms with E-state index in [1.165, 1.54) is 4.57 Å². The lowest BCUT2D eigenvalue weighted by atomic mass is 9.98. The Morgan fingerprint density at radius 1 is 1.06 bits per heavy atom. The highest BCUT2D eigenvalue weighted by Crippen LogP contribution is 2.41. The van der Waals surface area contributed by atoms with Gasteiger partial charge in [-0.25, -0.2) is 4.98 Å². The molecule has 0 aliphatic carbocycles. The van der Waals surface area contributed by atoms with Crippen LogP contribution in [0, 0.1) is 13.8 Å². The van der Waals surface area contributed by atoms with Gasteiger partial charge in [-0.15, -0.1) is 0 Å². The fraction of sp³-hybridized carbons (Fsp3) is 0.348. The maximum atomic E-state index is 13.4. The highest BCUT2D eigenvalue weighted by atomic mass is 19.4. The van der Waals surface area contributed by atoms with Gasteiger partial charge < -0.3 is 14.0 Å². The fourth-order valence-corrected chi connectivity index (χ4v) is 4.89. The maximum absolute atomic E-state index is 13.4. The standard InChI is InChI=1S/C23H21F3N4O2/c1-13-7-15(9-16(8-13)23(24,25)26)18-4-3-17-11-29-20(22(32)30(17)18)6-5-19(21(29)31)28-10-14(2)27-12-28/h5-10,12,17-18H,3-4,11H2,1-2H3. The molecule has 32 heavy (non-hydrogen) atoms. The first kappa shape index (κ1) is 20.5. The predicted molar refractivity (Wildman–Crippen MR) is 111 cm³/mol. The van der Waals surface area contributed by atoms with Gasteiger partial charge in [-0.1, -0.05) is 11.6 Å². The molecule has 0 bridgehead atoms. The van der Waals surface area contributed by atoms with Gasteiger partial charge in [0.25, 0.3) is 11.5 Å². The van der Waals surface area contributed by atoms with Crippen LogP contribution in [0.25, 0.3) is 5.69 Å². The lowest BCUT2D eigenvalue weighted by molar-refractivity contribution is -0.137. The number of carbonyl (C=O) groups is 1. The van der Waals surface area contributed by atoms with Crippen LogP contribution in [0.4, 0.5) is 13.2 Å². The first-order valence-electron chi connectivity index (χ1n) is 10.4. The molecule has 2 aliphatic heterocycles. The third kappa shape index (κ3) is 3.23. The molecule has 166 valence electrons. The van der Waals surface area contributed by atoms with E-state index in [0.717, 1.165) is 17.8 Å². The first-order valence-corrected chi connectivity index (χ1v) is 10.4. The van der Waals surface area contributed by atoms with Crippen LogP contribution in [0.5, 0.6) is 0 Å². The Morgan fingerprint density at radius 2 is 1.84 bits per heavy atom. The van der Waals surface area contributed by atoms with E-state index < -0.39 is 17.8 Å². The van der Waals surface area contributed by atoms with E-state index in [1.807, 2.05) is 6.92 Å². The Hall–Kier alpha value is -3.36. The van der Waals surface area contributed by atoms with Crippen LogP contribution in [0.3, 0.4) is 0 Å². The summed E-state index contributed by atoms with van der Waals surface area (Å²) in [6.07, 6.45) is 0.00584. The average molecular weight is 442 g/mol. The summed E-state index contributed by atoms with van der Waals surface area (Å²) in [6.45, 7) is 3.76. The van der Waals surface area contributed by atoms with Gasteiger partial charge in [0.15, 0.2) is 0 Å². The van der Waals surface area contributed by atoms with Gasteiger partial charge in [0.05, 0.1) is 29.7 Å². The Balaban J connectivity index is 1.54. The van der Waals surface area contributed by atoms with E-state index in [2.05, 4.69) is 4.98 Å². The molecule has 1 amide bonds. The summed E-state index contributed by atoms with van der Waals surface area (Å²) in [5.74, 6) is -0.329. The number of rotatable bonds is 2. The molecule has 0 radical (unpaired) electrons. The van der Waals surface area contributed by atoms with Crippen LogP contribution in [-0.4, -0.2) is 31.0 Å². The third-order valence-corrected chi connectivity index (χ3v) is 6.31. The summed E-state index contributed by atoms with van der Waals surface area (Å²) in [4.78, 5) is 32.3. The third-order valence-electron chi connectivity index (χ3n) is 6.31. The number of alkyl halides is 3. The number of imidazole rings is 1. The summed E-state index contributed by atoms with van der Waals surface area (Å²) < 4.78 is 43.1. The summed E-state index contributed by atoms with van der Waals surface area (Å²) in [7, 11) is 0. The van der Waals surface area contributed by atoms with Crippen molar-refractivity contribution in [3.05, 3.63) is 81.3 Å². The van der Waals surface area contributed by atoms with Gasteiger partial charge in [0, 0.05) is 12.7 Å². The number of halogens is 3. The monoisotopic (exact) mass is 442 g/mol. The molecule has 6 nitrogen and oxygen atoms in total. The summed E-state index contributed by atoms with van der Waals surface area (Å²) in [5.41, 5.74) is 1.41. The van der Waals surface area contributed by atoms with Crippen LogP contribution >= 0.6 is 0 Å². The number of aromatic nitrogens is 3. The average Bonchev–Trinajstić information content (AvgIpc) is 3.34. The molecular formula is C23H21F3N4O2. The molecule has 3 aromatic rings. The second-order valence-corrected chi connectivity index (χ2v) is 8.53. The molecule has 0 saturated carbocycles. The number of hydrogen-bond acceptors (Lipinski definition) is 3. The Kier molecular flexibility index (Phi) is 4.54. The normalized spacial score (nSPS) is 20.4. The van der Waals surface area contributed by atoms with E-state index in [1.54, 1.807) is 47.1 Å². The minimum Gasteiger partial charge on any atom is -0.326 e. The van der Waals surface area contributed by atoms with Crippen molar-refractivity contribution in [2.24, 2.45) is 0 Å². The van der Waals surface area contributed by atoms with Gasteiger partial charge in [0.2, 0.25) is 0 Å². The summed E-state index contributed by atoms with van der Waals surface area (Å²) >= 11 is 0. The molecule has 2 aliphatic rings. The largest absolute Gasteiger partial charge is 0.416 e. The van der Waals surface area contributed by atoms with Crippen LogP contribution in [-0.2, 0) is 12.7 Å². The van der Waals surface area contributed by atoms with Gasteiger partial charge >= 0.3 is 6.18 Å². The van der Waals surface area contributed by atoms with E-state index in [4.69, 9.17) is 0 Å². The van der Waals surface area contributed by atoms with Gasteiger partial charge in [-0.3, -0.25) is 9.59 Å². The fourth-order valence-electron chi connectivity index (χ4n) is 4.89. The lowest BCUT2D eigenvalue weighted by Gasteiger charge is -2.36. The quantitative estimate of drug-likeness (QED) is 0.602. The molecule has 1 saturated heterocycles. The molecule has 2 atom stereocenters. The Bertz CT molecular complexity index is 1290. The zero-order valence-electron chi connectivity index (χ0n) is 17.6. The van der Waals surface area contributed by atoms with Crippen LogP contribution in [0.15, 0.2) is 47.7 Å². The van der Waals surface area contributed by atoms with E-state index in [0.29, 0.717) is 36.2 Å². The molecule has 4 heterocycles. The topological polar surface area (TPSA) is 60.1 Å². The number of amides is 1. The van der Waals surface area contributed by atoms with Crippen molar-refractivity contribution in [3.8, 4) is 5.69 Å². The maximum Gasteiger partial charge on any atom is 0.416 e. The van der Waals surface area contributed by atoms with Crippen LogP contribution in [0.2, 0.25) is 0 Å². The minimum atomic E-state index is -4.45. The second-order valence-electron chi connectivity index (χ2n) is 8.53. The smallest absolute Gasteiger partial charge is 0.326 e. The number of carbonyl (C=O) groups excluding carboxylic acids is 1. The molecule has 1 aromatic carbocycles. The van der Waals surface area contributed by atoms with E-state index in [-0.39, 0.29) is 23.2 Å². The van der Waals surface area contributed by atoms with Gasteiger partial charge in [-0.05, 0) is 56.5 Å². The van der Waals surface area contributed by atoms with Crippen molar-refractivity contribution in [3.63, 3.8) is 0 Å². The molecule has 0 N–H and O–H groups in total. The summed E-state index contributed by atoms with van der Waals surface area (Å²) in [6, 6.07) is 6.47. The second kappa shape index (κ2) is 7.08. The highest BCUT2D eigenvalue weighted by Gasteiger charge is 2.43. The zero-order chi connectivity index (χ0) is 22.8. The molecule has 9 heteroatoms. The SMILES string of the molecule is Cc1cc(C2CCC3Cn4c(ccc(-n5cnc(C)c5)c4=O)C(=O)N32)cc(C(F)(F)F)c1. The van der Waals surface area contributed by atoms with Crippen molar-refractivity contribution < 1.29 is 18.0 Å². The van der Waals surface area contributed by atoms with E-state index in [9.17, 15) is 22.8 Å². The van der Waals surface area contributed by atoms with Crippen molar-refractivity contribution in [1.82, 2.24) is 19.0 Å². The molecule has 2 unspecified atom stereocenters. The van der Waals surface area contributed by atoms with Crippen LogP contribution in [0.1, 0.15) is 51.8 Å². The Morgan fingerprint density at radius 3 is 2.53 bits per heavy atom. The first-order chi connectivity index (χ1) is 15.1. The summed E-state index contributed by atoms with van der Waals surface area (Å²) in [5, 5.41) is 0. The molecule has 5 rings (SSSR count). The highest BCUT2D eigenvalue weighted by molar-refractivity contribution is 5.94. The number of hydrogen-bond donors (Lipinski definition) is 0. The van der Waals surface area contributed by atoms with Crippen molar-refractivity contribution in [2.45, 2.75) is 51.5 Å². The minimum absolute atomic E-state index is 0.243. The van der Waals surface area contributed by atoms with Gasteiger partial charge in [-0.2, -0.15) is 13.2 Å². The van der Waals surface area contributed by atoms with Crippen molar-refractivity contribution in [2.75, 3.05) is 0 Å². The zero-order valence-corrected chi connectivity index (χ0v) is 17.6. The number of fused-ring (bicyclic) bond motifs is 2. The molecule has 2 aromatic heterocycles. The number of pyridine rings is 1.